The van der Waals surface area contributed by atoms with E-state index in [1.165, 1.54) is 6.08 Å². The molecule has 0 saturated carbocycles. The molecule has 6 heteroatoms. The highest BCUT2D eigenvalue weighted by Crippen LogP contribution is 2.36. The monoisotopic (exact) mass is 528 g/mol. The van der Waals surface area contributed by atoms with Gasteiger partial charge in [0.1, 0.15) is 6.10 Å². The van der Waals surface area contributed by atoms with Gasteiger partial charge in [0.05, 0.1) is 18.8 Å². The minimum Gasteiger partial charge on any atom is -0.456 e. The first-order valence-corrected chi connectivity index (χ1v) is 16.0. The molecule has 1 aliphatic heterocycles. The van der Waals surface area contributed by atoms with Gasteiger partial charge in [-0.15, -0.1) is 13.2 Å². The summed E-state index contributed by atoms with van der Waals surface area (Å²) in [6.45, 7) is 26.8. The van der Waals surface area contributed by atoms with Gasteiger partial charge in [0.15, 0.2) is 14.1 Å². The molecule has 5 nitrogen and oxygen atoms in total. The molecule has 1 rings (SSSR count). The predicted molar refractivity (Wildman–Crippen MR) is 156 cm³/mol. The zero-order valence-electron chi connectivity index (χ0n) is 24.1. The molecule has 0 bridgehead atoms. The van der Waals surface area contributed by atoms with Crippen LogP contribution >= 0.6 is 0 Å². The maximum absolute atomic E-state index is 12.4. The highest BCUT2D eigenvalue weighted by molar-refractivity contribution is 6.74. The van der Waals surface area contributed by atoms with Crippen LogP contribution in [0, 0.1) is 0 Å². The second-order valence-corrected chi connectivity index (χ2v) is 16.4. The van der Waals surface area contributed by atoms with E-state index in [0.29, 0.717) is 19.4 Å². The molecule has 37 heavy (non-hydrogen) atoms. The van der Waals surface area contributed by atoms with Crippen LogP contribution in [-0.2, 0) is 23.5 Å². The van der Waals surface area contributed by atoms with Gasteiger partial charge in [-0.05, 0) is 57.3 Å². The zero-order valence-corrected chi connectivity index (χ0v) is 25.1. The largest absolute Gasteiger partial charge is 0.456 e. The van der Waals surface area contributed by atoms with Gasteiger partial charge in [-0.25, -0.2) is 4.79 Å². The molecule has 0 spiro atoms. The van der Waals surface area contributed by atoms with Gasteiger partial charge in [0, 0.05) is 18.9 Å². The molecule has 1 aliphatic rings. The van der Waals surface area contributed by atoms with Crippen LogP contribution in [0.5, 0.6) is 0 Å². The van der Waals surface area contributed by atoms with Crippen molar-refractivity contribution in [1.82, 2.24) is 0 Å². The van der Waals surface area contributed by atoms with Crippen molar-refractivity contribution in [1.29, 1.82) is 0 Å². The molecule has 1 saturated heterocycles. The van der Waals surface area contributed by atoms with Crippen molar-refractivity contribution in [3.05, 3.63) is 72.9 Å². The van der Waals surface area contributed by atoms with E-state index in [9.17, 15) is 9.59 Å². The van der Waals surface area contributed by atoms with Gasteiger partial charge in [-0.2, -0.15) is 0 Å². The Morgan fingerprint density at radius 3 is 2.46 bits per heavy atom. The van der Waals surface area contributed by atoms with Crippen LogP contribution in [0.4, 0.5) is 0 Å². The summed E-state index contributed by atoms with van der Waals surface area (Å²) >= 11 is 0. The van der Waals surface area contributed by atoms with Gasteiger partial charge in [-0.3, -0.25) is 4.79 Å². The first-order valence-electron chi connectivity index (χ1n) is 13.1. The third-order valence-corrected chi connectivity index (χ3v) is 11.2. The summed E-state index contributed by atoms with van der Waals surface area (Å²) in [7, 11) is -1.95. The number of esters is 1. The van der Waals surface area contributed by atoms with E-state index in [1.807, 2.05) is 19.9 Å². The highest BCUT2D eigenvalue weighted by atomic mass is 28.4. The Balaban J connectivity index is 2.56. The van der Waals surface area contributed by atoms with Crippen molar-refractivity contribution >= 4 is 20.1 Å². The second-order valence-electron chi connectivity index (χ2n) is 11.6. The molecule has 0 aliphatic carbocycles. The molecule has 1 heterocycles. The number of allylic oxidation sites excluding steroid dienone is 4. The Bertz CT molecular complexity index is 916. The molecule has 3 atom stereocenters. The summed E-state index contributed by atoms with van der Waals surface area (Å²) in [5.41, 5.74) is 2.94. The Morgan fingerprint density at radius 1 is 1.19 bits per heavy atom. The molecule has 0 radical (unpaired) electrons. The van der Waals surface area contributed by atoms with Crippen molar-refractivity contribution in [3.63, 3.8) is 0 Å². The van der Waals surface area contributed by atoms with Crippen molar-refractivity contribution in [2.75, 3.05) is 6.61 Å². The summed E-state index contributed by atoms with van der Waals surface area (Å²) in [6.07, 6.45) is 12.8. The number of ether oxygens (including phenoxy) is 2. The maximum atomic E-state index is 12.4. The number of hydrogen-bond donors (Lipinski definition) is 0. The zero-order chi connectivity index (χ0) is 28.2. The average molecular weight is 529 g/mol. The van der Waals surface area contributed by atoms with Gasteiger partial charge in [0.2, 0.25) is 0 Å². The SMILES string of the molecule is C=C[C@@H]1CC(=C)C[C@H](C/C=C/C(=O)C/C(C)=C\C=C\C(=O)O[C@H](CO[Si](C)(C)C(C)(C)C)CC(=C)C)O1. The Kier molecular flexibility index (Phi) is 13.5. The number of hydrogen-bond acceptors (Lipinski definition) is 5. The number of carbonyl (C=O) groups is 2. The van der Waals surface area contributed by atoms with Crippen LogP contribution in [0.25, 0.3) is 0 Å². The normalized spacial score (nSPS) is 20.3. The van der Waals surface area contributed by atoms with E-state index in [-0.39, 0.29) is 35.6 Å². The Labute approximate surface area is 226 Å². The number of carbonyl (C=O) groups excluding carboxylic acids is 2. The highest BCUT2D eigenvalue weighted by Gasteiger charge is 2.37. The van der Waals surface area contributed by atoms with Crippen LogP contribution in [0.1, 0.15) is 66.7 Å². The van der Waals surface area contributed by atoms with Crippen LogP contribution in [0.2, 0.25) is 18.1 Å². The van der Waals surface area contributed by atoms with Crippen LogP contribution < -0.4 is 0 Å². The Morgan fingerprint density at radius 2 is 1.86 bits per heavy atom. The fourth-order valence-corrected chi connectivity index (χ4v) is 4.63. The molecule has 0 N–H and O–H groups in total. The summed E-state index contributed by atoms with van der Waals surface area (Å²) in [4.78, 5) is 24.7. The van der Waals surface area contributed by atoms with E-state index < -0.39 is 14.3 Å². The molecular weight excluding hydrogens is 480 g/mol. The van der Waals surface area contributed by atoms with Crippen molar-refractivity contribution in [2.45, 2.75) is 103 Å². The average Bonchev–Trinajstić information content (AvgIpc) is 2.75. The standard InChI is InChI=1S/C31H48O5Si/c1-11-27-20-25(5)21-28(35-27)16-13-15-26(32)19-24(4)14-12-17-30(33)36-29(18-23(2)3)22-34-37(9,10)31(6,7)8/h11-15,17,27-29H,1-2,5,16,18-22H2,3-4,6-10H3/b15-13+,17-12+,24-14-/t27-,28+,29+/m1/s1. The van der Waals surface area contributed by atoms with E-state index in [1.54, 1.807) is 24.3 Å². The number of ketones is 1. The summed E-state index contributed by atoms with van der Waals surface area (Å²) in [5.74, 6) is -0.434. The maximum Gasteiger partial charge on any atom is 0.331 e. The lowest BCUT2D eigenvalue weighted by Crippen LogP contribution is -2.43. The van der Waals surface area contributed by atoms with Crippen molar-refractivity contribution < 1.29 is 23.5 Å². The molecule has 0 amide bonds. The minimum absolute atomic E-state index is 0.000194. The number of rotatable bonds is 14. The lowest BCUT2D eigenvalue weighted by atomic mass is 9.97. The molecule has 206 valence electrons. The quantitative estimate of drug-likeness (QED) is 0.0764. The van der Waals surface area contributed by atoms with E-state index >= 15 is 0 Å². The molecule has 0 aromatic rings. The van der Waals surface area contributed by atoms with Crippen LogP contribution in [0.15, 0.2) is 72.9 Å². The minimum atomic E-state index is -1.95. The lowest BCUT2D eigenvalue weighted by Gasteiger charge is -2.37. The molecule has 0 aromatic heterocycles. The fourth-order valence-electron chi connectivity index (χ4n) is 3.59. The van der Waals surface area contributed by atoms with Crippen LogP contribution in [-0.4, -0.2) is 45.0 Å². The Hall–Kier alpha value is -2.28. The van der Waals surface area contributed by atoms with Gasteiger partial charge < -0.3 is 13.9 Å². The van der Waals surface area contributed by atoms with Gasteiger partial charge in [0.25, 0.3) is 0 Å². The third-order valence-electron chi connectivity index (χ3n) is 6.70. The van der Waals surface area contributed by atoms with Gasteiger partial charge in [-0.1, -0.05) is 68.4 Å². The van der Waals surface area contributed by atoms with E-state index in [2.05, 4.69) is 53.6 Å². The van der Waals surface area contributed by atoms with E-state index in [4.69, 9.17) is 13.9 Å². The van der Waals surface area contributed by atoms with Gasteiger partial charge >= 0.3 is 5.97 Å². The van der Waals surface area contributed by atoms with Crippen molar-refractivity contribution in [3.8, 4) is 0 Å². The smallest absolute Gasteiger partial charge is 0.331 e. The predicted octanol–water partition coefficient (Wildman–Crippen LogP) is 7.58. The van der Waals surface area contributed by atoms with E-state index in [0.717, 1.165) is 29.6 Å². The topological polar surface area (TPSA) is 61.8 Å². The first kappa shape index (κ1) is 32.7. The van der Waals surface area contributed by atoms with Crippen LogP contribution in [0.3, 0.4) is 0 Å². The third kappa shape index (κ3) is 13.2. The van der Waals surface area contributed by atoms with Crippen molar-refractivity contribution in [2.24, 2.45) is 0 Å². The second kappa shape index (κ2) is 15.2. The molecule has 1 fully saturated rings. The summed E-state index contributed by atoms with van der Waals surface area (Å²) < 4.78 is 17.8. The fraction of sp³-hybridized carbons (Fsp3) is 0.548. The summed E-state index contributed by atoms with van der Waals surface area (Å²) in [6, 6.07) is 0. The molecule has 0 aromatic carbocycles. The first-order chi connectivity index (χ1) is 17.1. The summed E-state index contributed by atoms with van der Waals surface area (Å²) in [5, 5.41) is 0.0764. The lowest BCUT2D eigenvalue weighted by molar-refractivity contribution is -0.144. The molecule has 0 unspecified atom stereocenters. The molecular formula is C31H48O5Si.